The maximum absolute atomic E-state index is 13.8. The van der Waals surface area contributed by atoms with Gasteiger partial charge in [0, 0.05) is 5.56 Å². The first-order chi connectivity index (χ1) is 14.8. The molecule has 2 amide bonds. The third-order valence-electron chi connectivity index (χ3n) is 4.11. The Morgan fingerprint density at radius 3 is 2.52 bits per heavy atom. The number of halogens is 3. The highest BCUT2D eigenvalue weighted by Gasteiger charge is 2.36. The summed E-state index contributed by atoms with van der Waals surface area (Å²) >= 11 is 7.59. The molecule has 10 heteroatoms. The van der Waals surface area contributed by atoms with E-state index in [1.54, 1.807) is 43.3 Å². The lowest BCUT2D eigenvalue weighted by Gasteiger charge is -2.12. The number of esters is 1. The zero-order valence-electron chi connectivity index (χ0n) is 16.2. The van der Waals surface area contributed by atoms with Crippen LogP contribution in [0.3, 0.4) is 0 Å². The number of thioether (sulfide) groups is 1. The molecule has 1 heterocycles. The number of amides is 2. The zero-order chi connectivity index (χ0) is 22.5. The quantitative estimate of drug-likeness (QED) is 0.321. The summed E-state index contributed by atoms with van der Waals surface area (Å²) < 4.78 is 25.5. The largest absolute Gasteiger partial charge is 0.486 e. The molecular weight excluding hydrogens is 557 g/mol. The van der Waals surface area contributed by atoms with Crippen molar-refractivity contribution >= 4 is 66.8 Å². The van der Waals surface area contributed by atoms with Crippen LogP contribution in [0, 0.1) is 5.82 Å². The van der Waals surface area contributed by atoms with E-state index in [1.165, 1.54) is 6.07 Å². The van der Waals surface area contributed by atoms with Crippen molar-refractivity contribution in [3.05, 3.63) is 67.2 Å². The Kier molecular flexibility index (Phi) is 7.90. The molecule has 31 heavy (non-hydrogen) atoms. The lowest BCUT2D eigenvalue weighted by molar-refractivity contribution is -0.145. The highest BCUT2D eigenvalue weighted by molar-refractivity contribution is 9.11. The standard InChI is InChI=1S/C21H16Br2FNO5S/c1-2-29-18(26)10-25-20(27)17(31-21(25)28)9-12-7-14(22)19(15(23)8-12)30-11-13-5-3-4-6-16(13)24/h3-9H,2,10-11H2,1H3/b17-9+. The molecule has 0 N–H and O–H groups in total. The fourth-order valence-electron chi connectivity index (χ4n) is 2.69. The Morgan fingerprint density at radius 1 is 1.19 bits per heavy atom. The molecule has 1 aliphatic rings. The van der Waals surface area contributed by atoms with Gasteiger partial charge in [0.2, 0.25) is 0 Å². The van der Waals surface area contributed by atoms with Crippen LogP contribution in [-0.2, 0) is 20.9 Å². The molecule has 2 aromatic rings. The number of imide groups is 1. The van der Waals surface area contributed by atoms with E-state index in [0.29, 0.717) is 25.8 Å². The van der Waals surface area contributed by atoms with E-state index in [4.69, 9.17) is 9.47 Å². The third-order valence-corrected chi connectivity index (χ3v) is 6.20. The summed E-state index contributed by atoms with van der Waals surface area (Å²) in [5.74, 6) is -1.09. The summed E-state index contributed by atoms with van der Waals surface area (Å²) in [6, 6.07) is 9.75. The maximum Gasteiger partial charge on any atom is 0.326 e. The number of ether oxygens (including phenoxy) is 2. The number of carbonyl (C=O) groups is 3. The molecule has 1 fully saturated rings. The smallest absolute Gasteiger partial charge is 0.326 e. The average molecular weight is 573 g/mol. The Morgan fingerprint density at radius 2 is 1.87 bits per heavy atom. The Hall–Kier alpha value is -2.17. The minimum atomic E-state index is -0.645. The highest BCUT2D eigenvalue weighted by Crippen LogP contribution is 2.38. The summed E-state index contributed by atoms with van der Waals surface area (Å²) in [4.78, 5) is 37.3. The van der Waals surface area contributed by atoms with E-state index in [9.17, 15) is 18.8 Å². The molecule has 162 valence electrons. The summed E-state index contributed by atoms with van der Waals surface area (Å²) in [6.07, 6.45) is 1.55. The van der Waals surface area contributed by atoms with E-state index in [1.807, 2.05) is 0 Å². The van der Waals surface area contributed by atoms with Gasteiger partial charge >= 0.3 is 5.97 Å². The van der Waals surface area contributed by atoms with E-state index in [-0.39, 0.29) is 23.9 Å². The van der Waals surface area contributed by atoms with Gasteiger partial charge in [-0.2, -0.15) is 0 Å². The summed E-state index contributed by atoms with van der Waals surface area (Å²) in [5.41, 5.74) is 1.04. The van der Waals surface area contributed by atoms with Crippen molar-refractivity contribution in [1.29, 1.82) is 0 Å². The second-order valence-electron chi connectivity index (χ2n) is 6.27. The number of rotatable bonds is 7. The van der Waals surface area contributed by atoms with Gasteiger partial charge in [0.25, 0.3) is 11.1 Å². The van der Waals surface area contributed by atoms with Crippen LogP contribution in [-0.4, -0.2) is 35.2 Å². The molecule has 0 unspecified atom stereocenters. The molecule has 0 aromatic heterocycles. The second kappa shape index (κ2) is 10.4. The van der Waals surface area contributed by atoms with Crippen molar-refractivity contribution in [3.63, 3.8) is 0 Å². The van der Waals surface area contributed by atoms with Crippen LogP contribution in [0.1, 0.15) is 18.1 Å². The predicted octanol–water partition coefficient (Wildman–Crippen LogP) is 5.53. The van der Waals surface area contributed by atoms with Crippen LogP contribution in [0.5, 0.6) is 5.75 Å². The lowest BCUT2D eigenvalue weighted by atomic mass is 10.2. The van der Waals surface area contributed by atoms with Crippen molar-refractivity contribution < 1.29 is 28.2 Å². The van der Waals surface area contributed by atoms with Crippen LogP contribution in [0.25, 0.3) is 6.08 Å². The van der Waals surface area contributed by atoms with Gasteiger partial charge in [0.05, 0.1) is 20.5 Å². The number of carbonyl (C=O) groups excluding carboxylic acids is 3. The molecule has 0 atom stereocenters. The van der Waals surface area contributed by atoms with Gasteiger partial charge < -0.3 is 9.47 Å². The van der Waals surface area contributed by atoms with Crippen molar-refractivity contribution in [2.75, 3.05) is 13.2 Å². The Bertz CT molecular complexity index is 1050. The predicted molar refractivity (Wildman–Crippen MR) is 122 cm³/mol. The Labute approximate surface area is 199 Å². The van der Waals surface area contributed by atoms with Crippen LogP contribution in [0.2, 0.25) is 0 Å². The molecule has 0 radical (unpaired) electrons. The molecule has 0 bridgehead atoms. The first-order valence-corrected chi connectivity index (χ1v) is 11.5. The number of hydrogen-bond acceptors (Lipinski definition) is 6. The lowest BCUT2D eigenvalue weighted by Crippen LogP contribution is -2.34. The fraction of sp³-hybridized carbons (Fsp3) is 0.190. The number of hydrogen-bond donors (Lipinski definition) is 0. The minimum Gasteiger partial charge on any atom is -0.486 e. The van der Waals surface area contributed by atoms with Crippen molar-refractivity contribution in [2.45, 2.75) is 13.5 Å². The fourth-order valence-corrected chi connectivity index (χ4v) is 4.98. The average Bonchev–Trinajstić information content (AvgIpc) is 2.96. The van der Waals surface area contributed by atoms with Crippen molar-refractivity contribution in [1.82, 2.24) is 4.90 Å². The molecule has 6 nitrogen and oxygen atoms in total. The van der Waals surface area contributed by atoms with Gasteiger partial charge in [-0.3, -0.25) is 19.3 Å². The second-order valence-corrected chi connectivity index (χ2v) is 8.97. The van der Waals surface area contributed by atoms with Gasteiger partial charge in [-0.1, -0.05) is 18.2 Å². The van der Waals surface area contributed by atoms with Gasteiger partial charge in [-0.05, 0) is 80.4 Å². The summed E-state index contributed by atoms with van der Waals surface area (Å²) in [6.45, 7) is 1.42. The van der Waals surface area contributed by atoms with Gasteiger partial charge in [0.1, 0.15) is 24.7 Å². The van der Waals surface area contributed by atoms with Crippen LogP contribution >= 0.6 is 43.6 Å². The first kappa shape index (κ1) is 23.5. The number of benzene rings is 2. The first-order valence-electron chi connectivity index (χ1n) is 9.06. The monoisotopic (exact) mass is 571 g/mol. The van der Waals surface area contributed by atoms with Crippen LogP contribution in [0.4, 0.5) is 9.18 Å². The molecule has 1 aliphatic heterocycles. The summed E-state index contributed by atoms with van der Waals surface area (Å²) in [7, 11) is 0. The third kappa shape index (κ3) is 5.75. The van der Waals surface area contributed by atoms with E-state index in [0.717, 1.165) is 16.7 Å². The summed E-state index contributed by atoms with van der Waals surface area (Å²) in [5, 5.41) is -0.535. The molecule has 1 saturated heterocycles. The molecular formula is C21H16Br2FNO5S. The van der Waals surface area contributed by atoms with Crippen LogP contribution in [0.15, 0.2) is 50.2 Å². The van der Waals surface area contributed by atoms with Gasteiger partial charge in [-0.15, -0.1) is 0 Å². The van der Waals surface area contributed by atoms with Crippen molar-refractivity contribution in [2.24, 2.45) is 0 Å². The van der Waals surface area contributed by atoms with E-state index < -0.39 is 23.7 Å². The molecule has 2 aromatic carbocycles. The Balaban J connectivity index is 1.76. The molecule has 3 rings (SSSR count). The highest BCUT2D eigenvalue weighted by atomic mass is 79.9. The van der Waals surface area contributed by atoms with Gasteiger partial charge in [0.15, 0.2) is 0 Å². The van der Waals surface area contributed by atoms with Crippen LogP contribution < -0.4 is 4.74 Å². The molecule has 0 saturated carbocycles. The molecule has 0 aliphatic carbocycles. The SMILES string of the molecule is CCOC(=O)CN1C(=O)S/C(=C/c2cc(Br)c(OCc3ccccc3F)c(Br)c2)C1=O. The number of nitrogens with zero attached hydrogens (tertiary/aromatic N) is 1. The molecule has 0 spiro atoms. The van der Waals surface area contributed by atoms with E-state index >= 15 is 0 Å². The zero-order valence-corrected chi connectivity index (χ0v) is 20.2. The normalized spacial score (nSPS) is 15.0. The minimum absolute atomic E-state index is 0.0377. The topological polar surface area (TPSA) is 72.9 Å². The van der Waals surface area contributed by atoms with Crippen molar-refractivity contribution in [3.8, 4) is 5.75 Å². The van der Waals surface area contributed by atoms with E-state index in [2.05, 4.69) is 31.9 Å². The van der Waals surface area contributed by atoms with Gasteiger partial charge in [-0.25, -0.2) is 4.39 Å². The maximum atomic E-state index is 13.8.